The molecule has 180 valence electrons. The predicted molar refractivity (Wildman–Crippen MR) is 127 cm³/mol. The third-order valence-corrected chi connectivity index (χ3v) is 6.34. The molecule has 8 heteroatoms. The van der Waals surface area contributed by atoms with Crippen LogP contribution in [-0.2, 0) is 4.79 Å². The van der Waals surface area contributed by atoms with E-state index in [9.17, 15) is 14.0 Å². The summed E-state index contributed by atoms with van der Waals surface area (Å²) < 4.78 is 13.2. The lowest BCUT2D eigenvalue weighted by molar-refractivity contribution is -0.134. The molecule has 1 saturated carbocycles. The number of piperidine rings is 1. The number of aromatic nitrogens is 2. The topological polar surface area (TPSA) is 90.1 Å². The van der Waals surface area contributed by atoms with E-state index in [2.05, 4.69) is 27.2 Å². The van der Waals surface area contributed by atoms with Crippen molar-refractivity contribution in [2.75, 3.05) is 19.6 Å². The molecular weight excluding hydrogens is 421 g/mol. The van der Waals surface area contributed by atoms with E-state index in [-0.39, 0.29) is 17.6 Å². The van der Waals surface area contributed by atoms with Crippen LogP contribution in [0.15, 0.2) is 48.7 Å². The number of carbonyl (C=O) groups is 2. The Bertz CT molecular complexity index is 858. The zero-order valence-corrected chi connectivity index (χ0v) is 19.5. The second-order valence-electron chi connectivity index (χ2n) is 8.86. The highest BCUT2D eigenvalue weighted by molar-refractivity contribution is 5.95. The molecule has 2 heterocycles. The first-order chi connectivity index (χ1) is 16.0. The summed E-state index contributed by atoms with van der Waals surface area (Å²) in [5.74, 6) is -0.195. The van der Waals surface area contributed by atoms with Crippen LogP contribution in [0.4, 0.5) is 4.39 Å². The molecule has 0 bridgehead atoms. The van der Waals surface area contributed by atoms with Gasteiger partial charge in [0, 0.05) is 25.0 Å². The number of likely N-dealkylation sites (tertiary alicyclic amines) is 1. The van der Waals surface area contributed by atoms with Crippen molar-refractivity contribution in [3.8, 4) is 0 Å². The molecule has 0 aromatic carbocycles. The first kappa shape index (κ1) is 24.9. The summed E-state index contributed by atoms with van der Waals surface area (Å²) in [7, 11) is 0. The van der Waals surface area contributed by atoms with Crippen LogP contribution in [-0.4, -0.2) is 58.4 Å². The molecule has 1 aliphatic carbocycles. The second-order valence-corrected chi connectivity index (χ2v) is 8.86. The van der Waals surface area contributed by atoms with Gasteiger partial charge in [-0.15, -0.1) is 0 Å². The fraction of sp³-hybridized carbons (Fsp3) is 0.560. The molecule has 2 amide bonds. The van der Waals surface area contributed by atoms with Crippen LogP contribution in [0.2, 0.25) is 0 Å². The lowest BCUT2D eigenvalue weighted by Gasteiger charge is -2.30. The van der Waals surface area contributed by atoms with Gasteiger partial charge in [0.1, 0.15) is 17.6 Å². The second kappa shape index (κ2) is 12.5. The van der Waals surface area contributed by atoms with Crippen LogP contribution in [0.1, 0.15) is 62.4 Å². The van der Waals surface area contributed by atoms with Gasteiger partial charge in [0.25, 0.3) is 5.91 Å². The maximum atomic E-state index is 13.2. The molecule has 0 radical (unpaired) electrons. The molecule has 33 heavy (non-hydrogen) atoms. The van der Waals surface area contributed by atoms with E-state index in [1.54, 1.807) is 13.0 Å². The van der Waals surface area contributed by atoms with Gasteiger partial charge < -0.3 is 20.5 Å². The molecule has 3 atom stereocenters. The molecule has 0 spiro atoms. The fourth-order valence-corrected chi connectivity index (χ4v) is 4.21. The minimum Gasteiger partial charge on any atom is -0.341 e. The number of rotatable bonds is 12. The molecule has 1 unspecified atom stereocenters. The van der Waals surface area contributed by atoms with Crippen molar-refractivity contribution in [2.24, 2.45) is 5.92 Å². The van der Waals surface area contributed by atoms with E-state index in [0.717, 1.165) is 63.7 Å². The normalized spacial score (nSPS) is 21.8. The molecule has 1 aliphatic heterocycles. The number of hydrogen-bond donors (Lipinski definition) is 3. The SMILES string of the molecule is C=C(/C=C\C(F)=C/C)[C@@H]1CC1NCCCC[C@H](NC(=O)c1cnc[nH]1)C(=O)N1CCCCC1. The number of amides is 2. The van der Waals surface area contributed by atoms with Crippen molar-refractivity contribution >= 4 is 11.8 Å². The molecule has 7 nitrogen and oxygen atoms in total. The summed E-state index contributed by atoms with van der Waals surface area (Å²) in [5, 5.41) is 6.42. The van der Waals surface area contributed by atoms with Crippen molar-refractivity contribution in [2.45, 2.75) is 64.0 Å². The van der Waals surface area contributed by atoms with E-state index >= 15 is 0 Å². The summed E-state index contributed by atoms with van der Waals surface area (Å²) in [6.45, 7) is 8.06. The van der Waals surface area contributed by atoms with Crippen LogP contribution in [0.3, 0.4) is 0 Å². The van der Waals surface area contributed by atoms with E-state index in [1.807, 2.05) is 4.90 Å². The van der Waals surface area contributed by atoms with E-state index < -0.39 is 6.04 Å². The Morgan fingerprint density at radius 2 is 2.09 bits per heavy atom. The number of nitrogens with zero attached hydrogens (tertiary/aromatic N) is 2. The third kappa shape index (κ3) is 7.67. The Morgan fingerprint density at radius 3 is 2.79 bits per heavy atom. The summed E-state index contributed by atoms with van der Waals surface area (Å²) >= 11 is 0. The first-order valence-corrected chi connectivity index (χ1v) is 12.0. The molecule has 1 aromatic heterocycles. The number of hydrogen-bond acceptors (Lipinski definition) is 4. The van der Waals surface area contributed by atoms with Gasteiger partial charge in [-0.1, -0.05) is 24.3 Å². The Kier molecular flexibility index (Phi) is 9.42. The lowest BCUT2D eigenvalue weighted by Crippen LogP contribution is -2.50. The fourth-order valence-electron chi connectivity index (χ4n) is 4.21. The van der Waals surface area contributed by atoms with Crippen molar-refractivity contribution in [1.29, 1.82) is 0 Å². The first-order valence-electron chi connectivity index (χ1n) is 12.0. The van der Waals surface area contributed by atoms with Crippen LogP contribution in [0.5, 0.6) is 0 Å². The quantitative estimate of drug-likeness (QED) is 0.330. The Labute approximate surface area is 195 Å². The highest BCUT2D eigenvalue weighted by atomic mass is 19.1. The minimum atomic E-state index is -0.529. The summed E-state index contributed by atoms with van der Waals surface area (Å²) in [4.78, 5) is 34.1. The number of unbranched alkanes of at least 4 members (excludes halogenated alkanes) is 1. The molecule has 3 rings (SSSR count). The van der Waals surface area contributed by atoms with Gasteiger partial charge in [-0.25, -0.2) is 9.37 Å². The maximum absolute atomic E-state index is 13.2. The molecule has 1 saturated heterocycles. The van der Waals surface area contributed by atoms with Crippen LogP contribution in [0, 0.1) is 5.92 Å². The number of carbonyl (C=O) groups excluding carboxylic acids is 2. The average molecular weight is 458 g/mol. The van der Waals surface area contributed by atoms with Gasteiger partial charge in [-0.2, -0.15) is 0 Å². The van der Waals surface area contributed by atoms with Crippen molar-refractivity contribution in [1.82, 2.24) is 25.5 Å². The zero-order valence-electron chi connectivity index (χ0n) is 19.5. The Morgan fingerprint density at radius 1 is 1.30 bits per heavy atom. The summed E-state index contributed by atoms with van der Waals surface area (Å²) in [5.41, 5.74) is 1.30. The number of nitrogens with one attached hydrogen (secondary N) is 3. The largest absolute Gasteiger partial charge is 0.341 e. The third-order valence-electron chi connectivity index (χ3n) is 6.34. The number of imidazole rings is 1. The van der Waals surface area contributed by atoms with E-state index in [1.165, 1.54) is 24.7 Å². The van der Waals surface area contributed by atoms with Crippen molar-refractivity contribution < 1.29 is 14.0 Å². The Hall–Kier alpha value is -2.74. The Balaban J connectivity index is 1.41. The monoisotopic (exact) mass is 457 g/mol. The highest BCUT2D eigenvalue weighted by Crippen LogP contribution is 2.37. The van der Waals surface area contributed by atoms with E-state index in [4.69, 9.17) is 0 Å². The van der Waals surface area contributed by atoms with Crippen LogP contribution in [0.25, 0.3) is 0 Å². The van der Waals surface area contributed by atoms with Crippen LogP contribution < -0.4 is 10.6 Å². The van der Waals surface area contributed by atoms with Gasteiger partial charge in [-0.3, -0.25) is 9.59 Å². The van der Waals surface area contributed by atoms with Gasteiger partial charge in [0.15, 0.2) is 0 Å². The number of H-pyrrole nitrogens is 1. The van der Waals surface area contributed by atoms with Crippen molar-refractivity contribution in [3.63, 3.8) is 0 Å². The smallest absolute Gasteiger partial charge is 0.269 e. The molecular formula is C25H36FN5O2. The van der Waals surface area contributed by atoms with Gasteiger partial charge in [0.2, 0.25) is 5.91 Å². The molecule has 2 fully saturated rings. The molecule has 1 aromatic rings. The van der Waals surface area contributed by atoms with Crippen molar-refractivity contribution in [3.05, 3.63) is 54.4 Å². The lowest BCUT2D eigenvalue weighted by atomic mass is 10.0. The standard InChI is InChI=1S/C25H36FN5O2/c1-3-19(26)11-10-18(2)20-15-22(20)28-12-6-5-9-21(25(33)31-13-7-4-8-14-31)30-24(32)23-16-27-17-29-23/h3,10-11,16-17,20-22,28H,2,4-9,12-15H2,1H3,(H,27,29)(H,30,32)/b11-10-,19-3+/t20-,21-,22?/m0/s1. The highest BCUT2D eigenvalue weighted by Gasteiger charge is 2.37. The van der Waals surface area contributed by atoms with Gasteiger partial charge >= 0.3 is 0 Å². The minimum absolute atomic E-state index is 0.00855. The molecule has 2 aliphatic rings. The maximum Gasteiger partial charge on any atom is 0.269 e. The van der Waals surface area contributed by atoms with Crippen LogP contribution >= 0.6 is 0 Å². The summed E-state index contributed by atoms with van der Waals surface area (Å²) in [6, 6.07) is -0.152. The number of allylic oxidation sites excluding steroid dienone is 4. The predicted octanol–water partition coefficient (Wildman–Crippen LogP) is 3.65. The number of aromatic amines is 1. The zero-order chi connectivity index (χ0) is 23.6. The van der Waals surface area contributed by atoms with E-state index in [0.29, 0.717) is 24.1 Å². The molecule has 3 N–H and O–H groups in total. The number of halogens is 1. The summed E-state index contributed by atoms with van der Waals surface area (Å²) in [6.07, 6.45) is 14.1. The average Bonchev–Trinajstić information content (AvgIpc) is 3.40. The van der Waals surface area contributed by atoms with Gasteiger partial charge in [-0.05, 0) is 64.5 Å². The van der Waals surface area contributed by atoms with Gasteiger partial charge in [0.05, 0.1) is 12.5 Å².